The molecule has 0 atom stereocenters. The van der Waals surface area contributed by atoms with Gasteiger partial charge in [-0.2, -0.15) is 0 Å². The molecule has 0 spiro atoms. The highest BCUT2D eigenvalue weighted by atomic mass is 79.9. The molecule has 30 heavy (non-hydrogen) atoms. The van der Waals surface area contributed by atoms with Gasteiger partial charge in [-0.05, 0) is 48.6 Å². The van der Waals surface area contributed by atoms with Crippen LogP contribution in [0.3, 0.4) is 0 Å². The van der Waals surface area contributed by atoms with Gasteiger partial charge in [0.1, 0.15) is 11.3 Å². The molecule has 0 fully saturated rings. The Bertz CT molecular complexity index is 1360. The average molecular weight is 456 g/mol. The number of halogens is 1. The molecule has 5 rings (SSSR count). The van der Waals surface area contributed by atoms with Gasteiger partial charge in [0.2, 0.25) is 0 Å². The van der Waals surface area contributed by atoms with Crippen LogP contribution in [0.2, 0.25) is 0 Å². The number of para-hydroxylation sites is 2. The zero-order valence-electron chi connectivity index (χ0n) is 16.9. The zero-order chi connectivity index (χ0) is 20.7. The lowest BCUT2D eigenvalue weighted by Crippen LogP contribution is -2.03. The summed E-state index contributed by atoms with van der Waals surface area (Å²) in [6.07, 6.45) is 9.20. The van der Waals surface area contributed by atoms with Crippen molar-refractivity contribution < 1.29 is 4.42 Å². The second kappa shape index (κ2) is 7.73. The number of pyridine rings is 1. The fraction of sp³-hybridized carbons (Fsp3) is 0.148. The summed E-state index contributed by atoms with van der Waals surface area (Å²) in [6.45, 7) is 6.29. The standard InChI is InChI=1S/C27H22BrNO/c1-3-19-21-12-6-8-15-24(21)30-27(19)25-20(4-2)26(17-10-9-11-18(28)16-17)29-23-14-7-5-13-22(23)25/h3,5-8,11-16H,1,4,9-10H2,2H3. The van der Waals surface area contributed by atoms with Crippen LogP contribution in [0.15, 0.2) is 76.2 Å². The molecule has 0 radical (unpaired) electrons. The lowest BCUT2D eigenvalue weighted by atomic mass is 9.89. The van der Waals surface area contributed by atoms with Crippen LogP contribution in [-0.2, 0) is 6.42 Å². The number of fused-ring (bicyclic) bond motifs is 2. The van der Waals surface area contributed by atoms with Gasteiger partial charge in [0.15, 0.2) is 0 Å². The predicted molar refractivity (Wildman–Crippen MR) is 131 cm³/mol. The summed E-state index contributed by atoms with van der Waals surface area (Å²) in [5.74, 6) is 0.883. The molecule has 4 aromatic rings. The van der Waals surface area contributed by atoms with Crippen molar-refractivity contribution in [2.24, 2.45) is 0 Å². The van der Waals surface area contributed by atoms with Crippen LogP contribution in [0, 0.1) is 0 Å². The van der Waals surface area contributed by atoms with Crippen molar-refractivity contribution in [3.63, 3.8) is 0 Å². The second-order valence-electron chi connectivity index (χ2n) is 7.53. The monoisotopic (exact) mass is 455 g/mol. The van der Waals surface area contributed by atoms with E-state index in [0.29, 0.717) is 0 Å². The maximum absolute atomic E-state index is 6.45. The molecule has 0 saturated heterocycles. The summed E-state index contributed by atoms with van der Waals surface area (Å²) < 4.78 is 7.57. The first-order valence-corrected chi connectivity index (χ1v) is 11.1. The van der Waals surface area contributed by atoms with Gasteiger partial charge in [-0.3, -0.25) is 0 Å². The SMILES string of the molecule is C=Cc1c(-c2c(CC)c(C3=CC(Br)=CCC3)nc3ccccc23)oc2ccccc12. The van der Waals surface area contributed by atoms with Crippen LogP contribution in [0.25, 0.3) is 44.8 Å². The second-order valence-corrected chi connectivity index (χ2v) is 8.44. The lowest BCUT2D eigenvalue weighted by Gasteiger charge is -2.19. The van der Waals surface area contributed by atoms with Crippen molar-refractivity contribution >= 4 is 49.5 Å². The van der Waals surface area contributed by atoms with Crippen LogP contribution < -0.4 is 0 Å². The van der Waals surface area contributed by atoms with Gasteiger partial charge in [-0.25, -0.2) is 4.98 Å². The summed E-state index contributed by atoms with van der Waals surface area (Å²) >= 11 is 3.66. The first-order chi connectivity index (χ1) is 14.7. The Morgan fingerprint density at radius 3 is 2.63 bits per heavy atom. The largest absolute Gasteiger partial charge is 0.455 e. The number of nitrogens with zero attached hydrogens (tertiary/aromatic N) is 1. The number of rotatable bonds is 4. The van der Waals surface area contributed by atoms with Gasteiger partial charge in [0.25, 0.3) is 0 Å². The normalized spacial score (nSPS) is 14.1. The molecule has 2 aromatic heterocycles. The molecule has 2 heterocycles. The molecule has 0 bridgehead atoms. The molecular weight excluding hydrogens is 434 g/mol. The van der Waals surface area contributed by atoms with Gasteiger partial charge < -0.3 is 4.42 Å². The van der Waals surface area contributed by atoms with E-state index in [9.17, 15) is 0 Å². The molecule has 1 aliphatic rings. The van der Waals surface area contributed by atoms with Crippen molar-refractivity contribution in [2.75, 3.05) is 0 Å². The van der Waals surface area contributed by atoms with Crippen LogP contribution in [0.4, 0.5) is 0 Å². The number of allylic oxidation sites excluding steroid dienone is 4. The third kappa shape index (κ3) is 3.05. The topological polar surface area (TPSA) is 26.0 Å². The third-order valence-corrected chi connectivity index (χ3v) is 6.33. The fourth-order valence-corrected chi connectivity index (χ4v) is 4.93. The smallest absolute Gasteiger partial charge is 0.143 e. The van der Waals surface area contributed by atoms with Crippen LogP contribution in [-0.4, -0.2) is 4.98 Å². The molecule has 0 amide bonds. The summed E-state index contributed by atoms with van der Waals surface area (Å²) in [5, 5.41) is 2.21. The molecule has 0 saturated carbocycles. The lowest BCUT2D eigenvalue weighted by molar-refractivity contribution is 0.630. The van der Waals surface area contributed by atoms with Crippen LogP contribution in [0.5, 0.6) is 0 Å². The molecule has 1 aliphatic carbocycles. The molecule has 0 unspecified atom stereocenters. The predicted octanol–water partition coefficient (Wildman–Crippen LogP) is 8.31. The number of hydrogen-bond acceptors (Lipinski definition) is 2. The minimum atomic E-state index is 0.870. The molecular formula is C27H22BrNO. The maximum atomic E-state index is 6.45. The first kappa shape index (κ1) is 19.1. The highest BCUT2D eigenvalue weighted by molar-refractivity contribution is 9.11. The summed E-state index contributed by atoms with van der Waals surface area (Å²) in [5.41, 5.74) is 7.62. The van der Waals surface area contributed by atoms with E-state index in [1.165, 1.54) is 11.1 Å². The Morgan fingerprint density at radius 2 is 1.87 bits per heavy atom. The Labute approximate surface area is 184 Å². The maximum Gasteiger partial charge on any atom is 0.143 e. The van der Waals surface area contributed by atoms with E-state index in [-0.39, 0.29) is 0 Å². The minimum absolute atomic E-state index is 0.870. The Morgan fingerprint density at radius 1 is 1.10 bits per heavy atom. The van der Waals surface area contributed by atoms with E-state index < -0.39 is 0 Å². The Balaban J connectivity index is 1.91. The van der Waals surface area contributed by atoms with E-state index >= 15 is 0 Å². The van der Waals surface area contributed by atoms with Crippen LogP contribution in [0.1, 0.15) is 36.6 Å². The summed E-state index contributed by atoms with van der Waals surface area (Å²) in [6, 6.07) is 16.5. The molecule has 2 nitrogen and oxygen atoms in total. The Kier molecular flexibility index (Phi) is 4.92. The number of aromatic nitrogens is 1. The summed E-state index contributed by atoms with van der Waals surface area (Å²) in [4.78, 5) is 5.12. The minimum Gasteiger partial charge on any atom is -0.455 e. The Hall–Kier alpha value is -2.91. The van der Waals surface area contributed by atoms with Crippen LogP contribution >= 0.6 is 15.9 Å². The van der Waals surface area contributed by atoms with E-state index in [1.54, 1.807) is 0 Å². The first-order valence-electron chi connectivity index (χ1n) is 10.3. The number of hydrogen-bond donors (Lipinski definition) is 0. The highest BCUT2D eigenvalue weighted by Gasteiger charge is 2.23. The van der Waals surface area contributed by atoms with Gasteiger partial charge in [0, 0.05) is 26.4 Å². The van der Waals surface area contributed by atoms with Crippen molar-refractivity contribution in [2.45, 2.75) is 26.2 Å². The molecule has 0 N–H and O–H groups in total. The fourth-order valence-electron chi connectivity index (χ4n) is 4.42. The zero-order valence-corrected chi connectivity index (χ0v) is 18.5. The van der Waals surface area contributed by atoms with E-state index in [0.717, 1.165) is 68.2 Å². The molecule has 3 heteroatoms. The van der Waals surface area contributed by atoms with Crippen molar-refractivity contribution in [3.8, 4) is 11.3 Å². The number of benzene rings is 2. The molecule has 2 aromatic carbocycles. The number of furan rings is 1. The van der Waals surface area contributed by atoms with E-state index in [2.05, 4.69) is 65.9 Å². The van der Waals surface area contributed by atoms with Crippen molar-refractivity contribution in [1.29, 1.82) is 0 Å². The summed E-state index contributed by atoms with van der Waals surface area (Å²) in [7, 11) is 0. The van der Waals surface area contributed by atoms with Gasteiger partial charge in [-0.15, -0.1) is 0 Å². The van der Waals surface area contributed by atoms with Gasteiger partial charge >= 0.3 is 0 Å². The third-order valence-electron chi connectivity index (χ3n) is 5.78. The van der Waals surface area contributed by atoms with Crippen molar-refractivity contribution in [3.05, 3.63) is 88.6 Å². The highest BCUT2D eigenvalue weighted by Crippen LogP contribution is 2.42. The molecule has 0 aliphatic heterocycles. The van der Waals surface area contributed by atoms with Gasteiger partial charge in [0.05, 0.1) is 11.2 Å². The van der Waals surface area contributed by atoms with Crippen molar-refractivity contribution in [1.82, 2.24) is 4.98 Å². The van der Waals surface area contributed by atoms with Gasteiger partial charge in [-0.1, -0.05) is 78.0 Å². The molecule has 148 valence electrons. The quantitative estimate of drug-likeness (QED) is 0.309. The van der Waals surface area contributed by atoms with E-state index in [1.807, 2.05) is 30.3 Å². The average Bonchev–Trinajstić information content (AvgIpc) is 3.15. The van der Waals surface area contributed by atoms with E-state index in [4.69, 9.17) is 9.40 Å².